The Morgan fingerprint density at radius 2 is 1.89 bits per heavy atom. The number of carbonyl (C=O) groups is 1. The van der Waals surface area contributed by atoms with E-state index in [1.165, 1.54) is 6.08 Å². The molecule has 0 saturated carbocycles. The number of benzene rings is 3. The van der Waals surface area contributed by atoms with Crippen molar-refractivity contribution in [3.8, 4) is 17.6 Å². The van der Waals surface area contributed by atoms with Gasteiger partial charge in [-0.2, -0.15) is 5.26 Å². The van der Waals surface area contributed by atoms with Crippen molar-refractivity contribution in [1.82, 2.24) is 5.32 Å². The van der Waals surface area contributed by atoms with Crippen molar-refractivity contribution in [3.05, 3.63) is 97.4 Å². The molecule has 0 spiro atoms. The first-order valence-corrected chi connectivity index (χ1v) is 12.4. The van der Waals surface area contributed by atoms with Crippen molar-refractivity contribution >= 4 is 51.1 Å². The number of carbonyl (C=O) groups excluding carboxylic acids is 1. The van der Waals surface area contributed by atoms with Crippen molar-refractivity contribution in [3.63, 3.8) is 0 Å². The summed E-state index contributed by atoms with van der Waals surface area (Å²) in [5.74, 6) is 0.486. The van der Waals surface area contributed by atoms with Crippen LogP contribution in [0.3, 0.4) is 0 Å². The van der Waals surface area contributed by atoms with Crippen LogP contribution in [0.15, 0.2) is 70.7 Å². The molecule has 0 fully saturated rings. The zero-order valence-electron chi connectivity index (χ0n) is 19.1. The van der Waals surface area contributed by atoms with E-state index in [2.05, 4.69) is 21.2 Å². The second-order valence-electron chi connectivity index (χ2n) is 7.56. The summed E-state index contributed by atoms with van der Waals surface area (Å²) in [6.45, 7) is 4.32. The van der Waals surface area contributed by atoms with Gasteiger partial charge in [-0.3, -0.25) is 4.79 Å². The minimum absolute atomic E-state index is 0.0243. The van der Waals surface area contributed by atoms with Crippen LogP contribution in [0.1, 0.15) is 36.6 Å². The number of nitriles is 1. The molecule has 1 N–H and O–H groups in total. The quantitative estimate of drug-likeness (QED) is 0.212. The van der Waals surface area contributed by atoms with Crippen LogP contribution in [0, 0.1) is 11.3 Å². The Kier molecular flexibility index (Phi) is 9.62. The Morgan fingerprint density at radius 3 is 2.54 bits per heavy atom. The van der Waals surface area contributed by atoms with Crippen LogP contribution in [-0.2, 0) is 11.4 Å². The van der Waals surface area contributed by atoms with Crippen molar-refractivity contribution in [2.24, 2.45) is 0 Å². The molecular formula is C27H23BrCl2N2O3. The van der Waals surface area contributed by atoms with Crippen LogP contribution in [-0.4, -0.2) is 12.5 Å². The maximum Gasteiger partial charge on any atom is 0.262 e. The van der Waals surface area contributed by atoms with E-state index in [0.717, 1.165) is 11.1 Å². The van der Waals surface area contributed by atoms with Gasteiger partial charge in [0, 0.05) is 15.6 Å². The summed E-state index contributed by atoms with van der Waals surface area (Å²) in [7, 11) is 0. The van der Waals surface area contributed by atoms with E-state index in [0.29, 0.717) is 38.2 Å². The van der Waals surface area contributed by atoms with Crippen molar-refractivity contribution in [2.45, 2.75) is 26.5 Å². The van der Waals surface area contributed by atoms with E-state index in [1.807, 2.05) is 50.2 Å². The van der Waals surface area contributed by atoms with E-state index in [1.54, 1.807) is 30.3 Å². The molecule has 0 radical (unpaired) electrons. The fourth-order valence-corrected chi connectivity index (χ4v) is 4.31. The van der Waals surface area contributed by atoms with Gasteiger partial charge in [-0.25, -0.2) is 0 Å². The smallest absolute Gasteiger partial charge is 0.262 e. The molecule has 0 aliphatic carbocycles. The summed E-state index contributed by atoms with van der Waals surface area (Å²) in [6, 6.07) is 19.9. The summed E-state index contributed by atoms with van der Waals surface area (Å²) in [4.78, 5) is 12.7. The third-order valence-corrected chi connectivity index (χ3v) is 6.22. The number of nitrogens with one attached hydrogen (secondary N) is 1. The Labute approximate surface area is 223 Å². The molecule has 0 heterocycles. The van der Waals surface area contributed by atoms with Crippen molar-refractivity contribution < 1.29 is 14.3 Å². The predicted molar refractivity (Wildman–Crippen MR) is 143 cm³/mol. The molecule has 0 saturated heterocycles. The van der Waals surface area contributed by atoms with Crippen LogP contribution >= 0.6 is 39.1 Å². The zero-order valence-corrected chi connectivity index (χ0v) is 22.2. The van der Waals surface area contributed by atoms with Gasteiger partial charge >= 0.3 is 0 Å². The molecule has 3 rings (SSSR count). The third-order valence-electron chi connectivity index (χ3n) is 5.04. The van der Waals surface area contributed by atoms with Gasteiger partial charge in [0.25, 0.3) is 5.91 Å². The molecule has 35 heavy (non-hydrogen) atoms. The number of ether oxygens (including phenoxy) is 2. The summed E-state index contributed by atoms with van der Waals surface area (Å²) in [5, 5.41) is 13.5. The second-order valence-corrected chi connectivity index (χ2v) is 9.26. The van der Waals surface area contributed by atoms with Crippen LogP contribution in [0.2, 0.25) is 10.0 Å². The monoisotopic (exact) mass is 572 g/mol. The molecule has 180 valence electrons. The van der Waals surface area contributed by atoms with E-state index in [-0.39, 0.29) is 18.2 Å². The van der Waals surface area contributed by atoms with E-state index >= 15 is 0 Å². The number of hydrogen-bond donors (Lipinski definition) is 1. The van der Waals surface area contributed by atoms with Gasteiger partial charge in [-0.1, -0.05) is 59.6 Å². The Hall–Kier alpha value is -2.98. The Bertz CT molecular complexity index is 1270. The fraction of sp³-hybridized carbons (Fsp3) is 0.185. The van der Waals surface area contributed by atoms with Gasteiger partial charge in [0.05, 0.1) is 17.1 Å². The topological polar surface area (TPSA) is 71.3 Å². The van der Waals surface area contributed by atoms with E-state index < -0.39 is 5.91 Å². The summed E-state index contributed by atoms with van der Waals surface area (Å²) in [6.07, 6.45) is 1.51. The first-order valence-electron chi connectivity index (χ1n) is 10.8. The summed E-state index contributed by atoms with van der Waals surface area (Å²) < 4.78 is 12.4. The highest BCUT2D eigenvalue weighted by molar-refractivity contribution is 9.10. The molecule has 8 heteroatoms. The first-order chi connectivity index (χ1) is 16.8. The van der Waals surface area contributed by atoms with Gasteiger partial charge in [-0.15, -0.1) is 0 Å². The number of amides is 1. The lowest BCUT2D eigenvalue weighted by atomic mass is 10.1. The molecule has 0 bridgehead atoms. The number of halogens is 3. The van der Waals surface area contributed by atoms with Crippen LogP contribution < -0.4 is 14.8 Å². The molecule has 0 aliphatic heterocycles. The molecule has 3 aromatic carbocycles. The second kappa shape index (κ2) is 12.6. The molecule has 0 aromatic heterocycles. The molecular weight excluding hydrogens is 551 g/mol. The number of rotatable bonds is 9. The standard InChI is InChI=1S/C27H23BrCl2N2O3/c1-3-34-25-13-18(11-21(15-31)27(33)32-17(2)19-7-5-4-6-8-19)12-23(28)26(25)35-16-20-9-10-22(29)14-24(20)30/h4-14,17H,3,16H2,1-2H3,(H,32,33). The Balaban J connectivity index is 1.83. The van der Waals surface area contributed by atoms with Gasteiger partial charge in [-0.05, 0) is 71.2 Å². The zero-order chi connectivity index (χ0) is 25.4. The van der Waals surface area contributed by atoms with Gasteiger partial charge in [0.2, 0.25) is 0 Å². The number of nitrogens with zero attached hydrogens (tertiary/aromatic N) is 1. The summed E-state index contributed by atoms with van der Waals surface area (Å²) >= 11 is 15.7. The first kappa shape index (κ1) is 26.6. The molecule has 1 amide bonds. The molecule has 3 aromatic rings. The highest BCUT2D eigenvalue weighted by Gasteiger charge is 2.17. The normalized spacial score (nSPS) is 11.9. The minimum atomic E-state index is -0.462. The van der Waals surface area contributed by atoms with Gasteiger partial charge in [0.15, 0.2) is 11.5 Å². The average molecular weight is 574 g/mol. The molecule has 5 nitrogen and oxygen atoms in total. The third kappa shape index (κ3) is 7.25. The number of hydrogen-bond acceptors (Lipinski definition) is 4. The van der Waals surface area contributed by atoms with Crippen LogP contribution in [0.5, 0.6) is 11.5 Å². The highest BCUT2D eigenvalue weighted by atomic mass is 79.9. The highest BCUT2D eigenvalue weighted by Crippen LogP contribution is 2.38. The SMILES string of the molecule is CCOc1cc(C=C(C#N)C(=O)NC(C)c2ccccc2)cc(Br)c1OCc1ccc(Cl)cc1Cl. The van der Waals surface area contributed by atoms with E-state index in [4.69, 9.17) is 32.7 Å². The lowest BCUT2D eigenvalue weighted by Crippen LogP contribution is -2.27. The maximum absolute atomic E-state index is 12.7. The summed E-state index contributed by atoms with van der Waals surface area (Å²) in [5.41, 5.74) is 2.30. The van der Waals surface area contributed by atoms with Gasteiger partial charge < -0.3 is 14.8 Å². The average Bonchev–Trinajstić information content (AvgIpc) is 2.83. The van der Waals surface area contributed by atoms with Crippen molar-refractivity contribution in [1.29, 1.82) is 5.26 Å². The maximum atomic E-state index is 12.7. The Morgan fingerprint density at radius 1 is 1.14 bits per heavy atom. The lowest BCUT2D eigenvalue weighted by molar-refractivity contribution is -0.117. The minimum Gasteiger partial charge on any atom is -0.490 e. The lowest BCUT2D eigenvalue weighted by Gasteiger charge is -2.16. The largest absolute Gasteiger partial charge is 0.490 e. The molecule has 1 unspecified atom stereocenters. The van der Waals surface area contributed by atoms with Crippen LogP contribution in [0.4, 0.5) is 0 Å². The fourth-order valence-electron chi connectivity index (χ4n) is 3.28. The molecule has 1 atom stereocenters. The predicted octanol–water partition coefficient (Wildman–Crippen LogP) is 7.52. The van der Waals surface area contributed by atoms with Crippen molar-refractivity contribution in [2.75, 3.05) is 6.61 Å². The molecule has 0 aliphatic rings. The van der Waals surface area contributed by atoms with Crippen LogP contribution in [0.25, 0.3) is 6.08 Å². The van der Waals surface area contributed by atoms with E-state index in [9.17, 15) is 10.1 Å². The van der Waals surface area contributed by atoms with Gasteiger partial charge in [0.1, 0.15) is 18.2 Å².